The van der Waals surface area contributed by atoms with E-state index < -0.39 is 0 Å². The molecule has 5 rings (SSSR count). The summed E-state index contributed by atoms with van der Waals surface area (Å²) in [5, 5.41) is 10.5. The first-order valence-electron chi connectivity index (χ1n) is 11.1. The Hall–Kier alpha value is -4.39. The van der Waals surface area contributed by atoms with Crippen molar-refractivity contribution in [2.75, 3.05) is 12.3 Å². The van der Waals surface area contributed by atoms with Crippen LogP contribution in [0.25, 0.3) is 32.8 Å². The number of aromatic nitrogens is 3. The molecule has 0 aliphatic carbocycles. The molecule has 7 nitrogen and oxygen atoms in total. The molecule has 5 aromatic rings. The lowest BCUT2D eigenvalue weighted by atomic mass is 10.00. The molecule has 2 heterocycles. The van der Waals surface area contributed by atoms with Crippen LogP contribution < -0.4 is 10.5 Å². The third kappa shape index (κ3) is 4.28. The highest BCUT2D eigenvalue weighted by Gasteiger charge is 2.12. The number of ether oxygens (including phenoxy) is 2. The van der Waals surface area contributed by atoms with E-state index in [0.29, 0.717) is 18.2 Å². The van der Waals surface area contributed by atoms with Gasteiger partial charge in [-0.05, 0) is 53.8 Å². The predicted octanol–water partition coefficient (Wildman–Crippen LogP) is 5.04. The number of aromatic amines is 1. The third-order valence-corrected chi connectivity index (χ3v) is 5.75. The van der Waals surface area contributed by atoms with Crippen LogP contribution in [0.2, 0.25) is 0 Å². The number of H-pyrrole nitrogens is 1. The van der Waals surface area contributed by atoms with Gasteiger partial charge in [-0.2, -0.15) is 5.10 Å². The van der Waals surface area contributed by atoms with Gasteiger partial charge in [0.05, 0.1) is 24.2 Å². The Balaban J connectivity index is 1.42. The van der Waals surface area contributed by atoms with Gasteiger partial charge in [0.2, 0.25) is 0 Å². The summed E-state index contributed by atoms with van der Waals surface area (Å²) in [4.78, 5) is 16.1. The molecule has 0 fully saturated rings. The standard InChI is InChI=1S/C27H24N4O3/c1-2-33-26(32)15-20-5-3-4-6-25(20)34-16-24-22-14-19(9-10-23(22)30-31-24)18-8-7-17-11-12-29-27(28)21(17)13-18/h3-14H,2,15-16H2,1H3,(H2,28,29)(H,30,31). The number of hydrogen-bond donors (Lipinski definition) is 2. The summed E-state index contributed by atoms with van der Waals surface area (Å²) in [6, 6.07) is 21.7. The van der Waals surface area contributed by atoms with Crippen LogP contribution in [0.5, 0.6) is 5.75 Å². The molecule has 3 aromatic carbocycles. The van der Waals surface area contributed by atoms with Crippen LogP contribution in [-0.2, 0) is 22.6 Å². The number of nitrogens with zero attached hydrogens (tertiary/aromatic N) is 2. The predicted molar refractivity (Wildman–Crippen MR) is 132 cm³/mol. The van der Waals surface area contributed by atoms with E-state index in [1.807, 2.05) is 48.5 Å². The lowest BCUT2D eigenvalue weighted by Crippen LogP contribution is -2.09. The SMILES string of the molecule is CCOC(=O)Cc1ccccc1OCc1[nH]nc2ccc(-c3ccc4ccnc(N)c4c3)cc12. The van der Waals surface area contributed by atoms with Crippen LogP contribution in [0.1, 0.15) is 18.2 Å². The van der Waals surface area contributed by atoms with E-state index in [1.165, 1.54) is 0 Å². The first-order valence-corrected chi connectivity index (χ1v) is 11.1. The van der Waals surface area contributed by atoms with Crippen molar-refractivity contribution in [3.63, 3.8) is 0 Å². The summed E-state index contributed by atoms with van der Waals surface area (Å²) in [5.74, 6) is 0.882. The van der Waals surface area contributed by atoms with Crippen LogP contribution in [-0.4, -0.2) is 27.8 Å². The summed E-state index contributed by atoms with van der Waals surface area (Å²) in [5.41, 5.74) is 10.7. The summed E-state index contributed by atoms with van der Waals surface area (Å²) >= 11 is 0. The first kappa shape index (κ1) is 21.5. The number of hydrogen-bond acceptors (Lipinski definition) is 6. The minimum Gasteiger partial charge on any atom is -0.487 e. The zero-order chi connectivity index (χ0) is 23.5. The molecule has 2 aromatic heterocycles. The van der Waals surface area contributed by atoms with Crippen molar-refractivity contribution in [1.29, 1.82) is 0 Å². The molecule has 0 atom stereocenters. The van der Waals surface area contributed by atoms with Gasteiger partial charge in [0.25, 0.3) is 0 Å². The minimum atomic E-state index is -0.276. The third-order valence-electron chi connectivity index (χ3n) is 5.75. The van der Waals surface area contributed by atoms with Gasteiger partial charge in [-0.3, -0.25) is 9.89 Å². The number of carbonyl (C=O) groups is 1. The molecule has 0 bridgehead atoms. The van der Waals surface area contributed by atoms with Crippen molar-refractivity contribution < 1.29 is 14.3 Å². The van der Waals surface area contributed by atoms with Crippen molar-refractivity contribution in [1.82, 2.24) is 15.2 Å². The Kier molecular flexibility index (Phi) is 5.82. The maximum Gasteiger partial charge on any atom is 0.310 e. The summed E-state index contributed by atoms with van der Waals surface area (Å²) in [6.07, 6.45) is 1.88. The Labute approximate surface area is 196 Å². The molecule has 0 unspecified atom stereocenters. The molecule has 170 valence electrons. The van der Waals surface area contributed by atoms with Gasteiger partial charge >= 0.3 is 5.97 Å². The van der Waals surface area contributed by atoms with Crippen molar-refractivity contribution in [2.24, 2.45) is 0 Å². The molecule has 3 N–H and O–H groups in total. The molecule has 0 radical (unpaired) electrons. The van der Waals surface area contributed by atoms with Gasteiger partial charge in [-0.1, -0.05) is 36.4 Å². The first-order chi connectivity index (χ1) is 16.6. The second kappa shape index (κ2) is 9.23. The molecule has 0 saturated heterocycles. The average Bonchev–Trinajstić information content (AvgIpc) is 3.26. The molecule has 0 amide bonds. The summed E-state index contributed by atoms with van der Waals surface area (Å²) < 4.78 is 11.2. The Bertz CT molecular complexity index is 1490. The average molecular weight is 453 g/mol. The maximum absolute atomic E-state index is 11.9. The zero-order valence-electron chi connectivity index (χ0n) is 18.7. The number of pyridine rings is 1. The lowest BCUT2D eigenvalue weighted by molar-refractivity contribution is -0.142. The molecule has 7 heteroatoms. The van der Waals surface area contributed by atoms with E-state index in [4.69, 9.17) is 15.2 Å². The Morgan fingerprint density at radius 3 is 2.65 bits per heavy atom. The number of para-hydroxylation sites is 1. The van der Waals surface area contributed by atoms with Crippen molar-refractivity contribution in [2.45, 2.75) is 20.0 Å². The van der Waals surface area contributed by atoms with E-state index in [1.54, 1.807) is 13.1 Å². The number of benzene rings is 3. The highest BCUT2D eigenvalue weighted by atomic mass is 16.5. The van der Waals surface area contributed by atoms with Gasteiger partial charge < -0.3 is 15.2 Å². The number of rotatable bonds is 7. The summed E-state index contributed by atoms with van der Waals surface area (Å²) in [7, 11) is 0. The van der Waals surface area contributed by atoms with E-state index in [0.717, 1.165) is 44.1 Å². The quantitative estimate of drug-likeness (QED) is 0.335. The minimum absolute atomic E-state index is 0.165. The van der Waals surface area contributed by atoms with Crippen molar-refractivity contribution in [3.8, 4) is 16.9 Å². The number of nitrogens with two attached hydrogens (primary N) is 1. The number of nitrogens with one attached hydrogen (secondary N) is 1. The number of anilines is 1. The van der Waals surface area contributed by atoms with E-state index in [2.05, 4.69) is 33.4 Å². The van der Waals surface area contributed by atoms with E-state index >= 15 is 0 Å². The number of esters is 1. The number of fused-ring (bicyclic) bond motifs is 2. The van der Waals surface area contributed by atoms with Gasteiger partial charge in [-0.15, -0.1) is 0 Å². The molecule has 0 aliphatic heterocycles. The zero-order valence-corrected chi connectivity index (χ0v) is 18.7. The smallest absolute Gasteiger partial charge is 0.310 e. The molecule has 34 heavy (non-hydrogen) atoms. The largest absolute Gasteiger partial charge is 0.487 e. The van der Waals surface area contributed by atoms with E-state index in [9.17, 15) is 4.79 Å². The Morgan fingerprint density at radius 1 is 1.00 bits per heavy atom. The van der Waals surface area contributed by atoms with Crippen molar-refractivity contribution in [3.05, 3.63) is 84.2 Å². The second-order valence-electron chi connectivity index (χ2n) is 7.94. The monoisotopic (exact) mass is 452 g/mol. The van der Waals surface area contributed by atoms with E-state index in [-0.39, 0.29) is 19.0 Å². The summed E-state index contributed by atoms with van der Waals surface area (Å²) in [6.45, 7) is 2.43. The highest BCUT2D eigenvalue weighted by Crippen LogP contribution is 2.30. The topological polar surface area (TPSA) is 103 Å². The van der Waals surface area contributed by atoms with Crippen LogP contribution >= 0.6 is 0 Å². The number of nitrogen functional groups attached to an aromatic ring is 1. The van der Waals surface area contributed by atoms with Crippen LogP contribution in [0.4, 0.5) is 5.82 Å². The molecular formula is C27H24N4O3. The normalized spacial score (nSPS) is 11.1. The van der Waals surface area contributed by atoms with Gasteiger partial charge in [0.15, 0.2) is 0 Å². The lowest BCUT2D eigenvalue weighted by Gasteiger charge is -2.11. The fourth-order valence-electron chi connectivity index (χ4n) is 4.03. The number of carbonyl (C=O) groups excluding carboxylic acids is 1. The van der Waals surface area contributed by atoms with Crippen LogP contribution in [0.3, 0.4) is 0 Å². The molecule has 0 aliphatic rings. The fraction of sp³-hybridized carbons (Fsp3) is 0.148. The Morgan fingerprint density at radius 2 is 1.79 bits per heavy atom. The molecule has 0 spiro atoms. The van der Waals surface area contributed by atoms with Gasteiger partial charge in [-0.25, -0.2) is 4.98 Å². The highest BCUT2D eigenvalue weighted by molar-refractivity contribution is 5.95. The molecule has 0 saturated carbocycles. The van der Waals surface area contributed by atoms with Crippen LogP contribution in [0, 0.1) is 0 Å². The van der Waals surface area contributed by atoms with Crippen molar-refractivity contribution >= 4 is 33.5 Å². The van der Waals surface area contributed by atoms with Crippen LogP contribution in [0.15, 0.2) is 72.9 Å². The second-order valence-corrected chi connectivity index (χ2v) is 7.94. The van der Waals surface area contributed by atoms with Gasteiger partial charge in [0.1, 0.15) is 18.2 Å². The van der Waals surface area contributed by atoms with Gasteiger partial charge in [0, 0.05) is 22.5 Å². The molecular weight excluding hydrogens is 428 g/mol. The maximum atomic E-state index is 11.9. The fourth-order valence-corrected chi connectivity index (χ4v) is 4.03.